The van der Waals surface area contributed by atoms with E-state index in [2.05, 4.69) is 15.0 Å². The van der Waals surface area contributed by atoms with Gasteiger partial charge in [0, 0.05) is 18.8 Å². The highest BCUT2D eigenvalue weighted by molar-refractivity contribution is 5.94. The molecule has 3 N–H and O–H groups in total. The van der Waals surface area contributed by atoms with Crippen molar-refractivity contribution in [3.8, 4) is 0 Å². The maximum atomic E-state index is 12.6. The monoisotopic (exact) mass is 360 g/mol. The Kier molecular flexibility index (Phi) is 5.13. The number of methoxy groups -OCH3 is 1. The van der Waals surface area contributed by atoms with Crippen LogP contribution in [0.3, 0.4) is 0 Å². The first-order chi connectivity index (χ1) is 12.5. The third-order valence-corrected chi connectivity index (χ3v) is 5.25. The zero-order valence-electron chi connectivity index (χ0n) is 14.8. The highest BCUT2D eigenvalue weighted by Gasteiger charge is 2.50. The van der Waals surface area contributed by atoms with Gasteiger partial charge >= 0.3 is 5.97 Å². The smallest absolute Gasteiger partial charge is 0.323 e. The quantitative estimate of drug-likeness (QED) is 0.723. The second kappa shape index (κ2) is 7.33. The number of nitrogens with one attached hydrogen (secondary N) is 1. The standard InChI is InChI=1S/C18H24N4O4/c1-26-16(24)14(19)11-15(23)21-9-7-18(8-10-21)17(25)20-12-22(18)13-5-3-2-4-6-13/h2-6,14H,7-12,19H2,1H3,(H,20,25). The first-order valence-corrected chi connectivity index (χ1v) is 8.70. The van der Waals surface area contributed by atoms with E-state index < -0.39 is 17.6 Å². The lowest BCUT2D eigenvalue weighted by Gasteiger charge is -2.43. The molecule has 26 heavy (non-hydrogen) atoms. The lowest BCUT2D eigenvalue weighted by Crippen LogP contribution is -2.57. The van der Waals surface area contributed by atoms with Crippen LogP contribution in [-0.2, 0) is 19.1 Å². The maximum absolute atomic E-state index is 12.6. The molecule has 2 aliphatic heterocycles. The number of nitrogens with zero attached hydrogens (tertiary/aromatic N) is 2. The number of amides is 2. The number of rotatable bonds is 4. The van der Waals surface area contributed by atoms with Crippen molar-refractivity contribution in [1.82, 2.24) is 10.2 Å². The minimum atomic E-state index is -0.959. The van der Waals surface area contributed by atoms with Gasteiger partial charge in [0.1, 0.15) is 11.6 Å². The average Bonchev–Trinajstić information content (AvgIpc) is 2.98. The first-order valence-electron chi connectivity index (χ1n) is 8.70. The van der Waals surface area contributed by atoms with E-state index in [-0.39, 0.29) is 18.2 Å². The summed E-state index contributed by atoms with van der Waals surface area (Å²) in [4.78, 5) is 40.1. The molecule has 0 radical (unpaired) electrons. The predicted molar refractivity (Wildman–Crippen MR) is 95.1 cm³/mol. The van der Waals surface area contributed by atoms with Gasteiger partial charge in [0.15, 0.2) is 0 Å². The lowest BCUT2D eigenvalue weighted by molar-refractivity contribution is -0.145. The minimum Gasteiger partial charge on any atom is -0.468 e. The van der Waals surface area contributed by atoms with Crippen molar-refractivity contribution < 1.29 is 19.1 Å². The fourth-order valence-electron chi connectivity index (χ4n) is 3.71. The molecular formula is C18H24N4O4. The number of para-hydroxylation sites is 1. The molecule has 1 aromatic rings. The molecule has 140 valence electrons. The van der Waals surface area contributed by atoms with E-state index in [0.29, 0.717) is 32.6 Å². The van der Waals surface area contributed by atoms with Crippen molar-refractivity contribution in [2.75, 3.05) is 31.8 Å². The van der Waals surface area contributed by atoms with Gasteiger partial charge in [-0.15, -0.1) is 0 Å². The Bertz CT molecular complexity index is 686. The van der Waals surface area contributed by atoms with Crippen LogP contribution in [0.4, 0.5) is 5.69 Å². The highest BCUT2D eigenvalue weighted by Crippen LogP contribution is 2.36. The topological polar surface area (TPSA) is 105 Å². The number of esters is 1. The van der Waals surface area contributed by atoms with E-state index in [4.69, 9.17) is 5.73 Å². The van der Waals surface area contributed by atoms with Crippen molar-refractivity contribution >= 4 is 23.5 Å². The molecule has 1 atom stereocenters. The van der Waals surface area contributed by atoms with E-state index in [9.17, 15) is 14.4 Å². The van der Waals surface area contributed by atoms with Crippen LogP contribution in [0.5, 0.6) is 0 Å². The van der Waals surface area contributed by atoms with Crippen molar-refractivity contribution in [3.63, 3.8) is 0 Å². The zero-order valence-corrected chi connectivity index (χ0v) is 14.8. The molecular weight excluding hydrogens is 336 g/mol. The zero-order chi connectivity index (χ0) is 18.7. The Morgan fingerprint density at radius 2 is 1.92 bits per heavy atom. The number of hydrogen-bond acceptors (Lipinski definition) is 6. The fourth-order valence-corrected chi connectivity index (χ4v) is 3.71. The summed E-state index contributed by atoms with van der Waals surface area (Å²) >= 11 is 0. The molecule has 0 saturated carbocycles. The van der Waals surface area contributed by atoms with Crippen LogP contribution in [-0.4, -0.2) is 61.1 Å². The normalized spacial score (nSPS) is 20.0. The van der Waals surface area contributed by atoms with Gasteiger partial charge in [-0.05, 0) is 25.0 Å². The van der Waals surface area contributed by atoms with Crippen LogP contribution in [0, 0.1) is 0 Å². The van der Waals surface area contributed by atoms with Crippen molar-refractivity contribution in [2.45, 2.75) is 30.8 Å². The summed E-state index contributed by atoms with van der Waals surface area (Å²) in [5.74, 6) is -0.792. The largest absolute Gasteiger partial charge is 0.468 e. The van der Waals surface area contributed by atoms with Gasteiger partial charge in [-0.3, -0.25) is 14.4 Å². The summed E-state index contributed by atoms with van der Waals surface area (Å²) in [6, 6.07) is 8.83. The van der Waals surface area contributed by atoms with E-state index in [1.165, 1.54) is 7.11 Å². The van der Waals surface area contributed by atoms with Gasteiger partial charge in [0.25, 0.3) is 0 Å². The van der Waals surface area contributed by atoms with Gasteiger partial charge in [-0.1, -0.05) is 18.2 Å². The predicted octanol–water partition coefficient (Wildman–Crippen LogP) is -0.168. The molecule has 1 unspecified atom stereocenters. The van der Waals surface area contributed by atoms with Crippen LogP contribution in [0.1, 0.15) is 19.3 Å². The van der Waals surface area contributed by atoms with Crippen LogP contribution < -0.4 is 16.0 Å². The first kappa shape index (κ1) is 18.2. The second-order valence-corrected chi connectivity index (χ2v) is 6.67. The number of anilines is 1. The fraction of sp³-hybridized carbons (Fsp3) is 0.500. The molecule has 1 spiro atoms. The number of carbonyl (C=O) groups excluding carboxylic acids is 3. The Labute approximate surface area is 152 Å². The van der Waals surface area contributed by atoms with Crippen LogP contribution >= 0.6 is 0 Å². The Hall–Kier alpha value is -2.61. The second-order valence-electron chi connectivity index (χ2n) is 6.67. The molecule has 1 aromatic carbocycles. The summed E-state index contributed by atoms with van der Waals surface area (Å²) in [6.07, 6.45) is 0.980. The maximum Gasteiger partial charge on any atom is 0.323 e. The number of likely N-dealkylation sites (tertiary alicyclic amines) is 1. The number of hydrogen-bond donors (Lipinski definition) is 2. The third kappa shape index (κ3) is 3.24. The minimum absolute atomic E-state index is 0.000265. The van der Waals surface area contributed by atoms with E-state index in [1.54, 1.807) is 4.90 Å². The van der Waals surface area contributed by atoms with Gasteiger partial charge in [0.05, 0.1) is 20.2 Å². The van der Waals surface area contributed by atoms with Crippen molar-refractivity contribution in [1.29, 1.82) is 0 Å². The van der Waals surface area contributed by atoms with Crippen LogP contribution in [0.2, 0.25) is 0 Å². The number of nitrogens with two attached hydrogens (primary N) is 1. The van der Waals surface area contributed by atoms with E-state index in [0.717, 1.165) is 5.69 Å². The highest BCUT2D eigenvalue weighted by atomic mass is 16.5. The number of piperidine rings is 1. The Balaban J connectivity index is 1.67. The lowest BCUT2D eigenvalue weighted by atomic mass is 9.85. The van der Waals surface area contributed by atoms with E-state index >= 15 is 0 Å². The SMILES string of the molecule is COC(=O)C(N)CC(=O)N1CCC2(CC1)C(=O)NCN2c1ccccc1. The summed E-state index contributed by atoms with van der Waals surface area (Å²) in [5, 5.41) is 2.93. The van der Waals surface area contributed by atoms with Crippen molar-refractivity contribution in [3.05, 3.63) is 30.3 Å². The molecule has 0 aromatic heterocycles. The molecule has 2 amide bonds. The molecule has 8 heteroatoms. The van der Waals surface area contributed by atoms with E-state index in [1.807, 2.05) is 30.3 Å². The molecule has 2 saturated heterocycles. The molecule has 0 aliphatic carbocycles. The van der Waals surface area contributed by atoms with Gasteiger partial charge < -0.3 is 25.6 Å². The molecule has 8 nitrogen and oxygen atoms in total. The number of carbonyl (C=O) groups is 3. The number of ether oxygens (including phenoxy) is 1. The Morgan fingerprint density at radius 3 is 2.54 bits per heavy atom. The summed E-state index contributed by atoms with van der Waals surface area (Å²) < 4.78 is 4.56. The van der Waals surface area contributed by atoms with Gasteiger partial charge in [0.2, 0.25) is 11.8 Å². The number of benzene rings is 1. The summed E-state index contributed by atoms with van der Waals surface area (Å²) in [5.41, 5.74) is 6.02. The van der Waals surface area contributed by atoms with Crippen LogP contribution in [0.25, 0.3) is 0 Å². The summed E-state index contributed by atoms with van der Waals surface area (Å²) in [7, 11) is 1.24. The van der Waals surface area contributed by atoms with Gasteiger partial charge in [-0.25, -0.2) is 0 Å². The van der Waals surface area contributed by atoms with Gasteiger partial charge in [-0.2, -0.15) is 0 Å². The molecule has 3 rings (SSSR count). The molecule has 0 bridgehead atoms. The van der Waals surface area contributed by atoms with Crippen molar-refractivity contribution in [2.24, 2.45) is 5.73 Å². The molecule has 2 aliphatic rings. The molecule has 2 fully saturated rings. The van der Waals surface area contributed by atoms with Crippen LogP contribution in [0.15, 0.2) is 30.3 Å². The average molecular weight is 360 g/mol. The molecule has 2 heterocycles. The Morgan fingerprint density at radius 1 is 1.27 bits per heavy atom. The third-order valence-electron chi connectivity index (χ3n) is 5.25. The summed E-state index contributed by atoms with van der Waals surface area (Å²) in [6.45, 7) is 1.36.